The van der Waals surface area contributed by atoms with Gasteiger partial charge < -0.3 is 10.6 Å². The average Bonchev–Trinajstić information content (AvgIpc) is 2.71. The van der Waals surface area contributed by atoms with E-state index in [9.17, 15) is 4.39 Å². The molecule has 0 spiro atoms. The van der Waals surface area contributed by atoms with Crippen molar-refractivity contribution in [2.24, 2.45) is 5.73 Å². The minimum atomic E-state index is -0.202. The van der Waals surface area contributed by atoms with Gasteiger partial charge in [-0.3, -0.25) is 0 Å². The normalized spacial score (nSPS) is 19.3. The van der Waals surface area contributed by atoms with Crippen molar-refractivity contribution in [2.75, 3.05) is 19.6 Å². The van der Waals surface area contributed by atoms with Crippen molar-refractivity contribution in [3.63, 3.8) is 0 Å². The lowest BCUT2D eigenvalue weighted by molar-refractivity contribution is 0.316. The minimum Gasteiger partial charge on any atom is -0.323 e. The fourth-order valence-electron chi connectivity index (χ4n) is 2.06. The van der Waals surface area contributed by atoms with E-state index in [-0.39, 0.29) is 11.9 Å². The maximum Gasteiger partial charge on any atom is 0.123 e. The van der Waals surface area contributed by atoms with E-state index in [1.165, 1.54) is 25.0 Å². The van der Waals surface area contributed by atoms with E-state index in [1.807, 2.05) is 0 Å². The Morgan fingerprint density at radius 1 is 1.20 bits per heavy atom. The van der Waals surface area contributed by atoms with Crippen molar-refractivity contribution in [3.8, 4) is 0 Å². The predicted octanol–water partition coefficient (Wildman–Crippen LogP) is 1.92. The number of likely N-dealkylation sites (tertiary alicyclic amines) is 1. The summed E-state index contributed by atoms with van der Waals surface area (Å²) in [6, 6.07) is 6.49. The van der Waals surface area contributed by atoms with Crippen molar-refractivity contribution in [3.05, 3.63) is 35.6 Å². The smallest absolute Gasteiger partial charge is 0.123 e. The van der Waals surface area contributed by atoms with Crippen LogP contribution in [0.5, 0.6) is 0 Å². The number of hydrogen-bond donors (Lipinski definition) is 1. The van der Waals surface area contributed by atoms with Crippen LogP contribution in [0.1, 0.15) is 24.4 Å². The second-order valence-corrected chi connectivity index (χ2v) is 4.17. The molecule has 0 aliphatic carbocycles. The minimum absolute atomic E-state index is 0.00343. The van der Waals surface area contributed by atoms with Crippen LogP contribution in [-0.2, 0) is 0 Å². The highest BCUT2D eigenvalue weighted by atomic mass is 19.1. The highest BCUT2D eigenvalue weighted by molar-refractivity contribution is 5.19. The second-order valence-electron chi connectivity index (χ2n) is 4.17. The molecule has 0 aromatic heterocycles. The molecule has 0 radical (unpaired) electrons. The molecule has 0 saturated carbocycles. The largest absolute Gasteiger partial charge is 0.323 e. The summed E-state index contributed by atoms with van der Waals surface area (Å²) >= 11 is 0. The molecule has 1 aliphatic heterocycles. The molecule has 2 N–H and O–H groups in total. The van der Waals surface area contributed by atoms with Gasteiger partial charge in [-0.2, -0.15) is 0 Å². The van der Waals surface area contributed by atoms with Crippen LogP contribution < -0.4 is 5.73 Å². The van der Waals surface area contributed by atoms with E-state index in [2.05, 4.69) is 4.90 Å². The van der Waals surface area contributed by atoms with E-state index in [1.54, 1.807) is 12.1 Å². The molecular formula is C12H17FN2. The van der Waals surface area contributed by atoms with Crippen molar-refractivity contribution in [1.82, 2.24) is 4.90 Å². The molecule has 1 unspecified atom stereocenters. The third-order valence-electron chi connectivity index (χ3n) is 2.95. The van der Waals surface area contributed by atoms with E-state index in [4.69, 9.17) is 5.73 Å². The second kappa shape index (κ2) is 4.73. The Labute approximate surface area is 89.9 Å². The molecule has 82 valence electrons. The molecule has 1 saturated heterocycles. The number of rotatable bonds is 3. The van der Waals surface area contributed by atoms with E-state index in [0.717, 1.165) is 25.2 Å². The van der Waals surface area contributed by atoms with Crippen LogP contribution >= 0.6 is 0 Å². The summed E-state index contributed by atoms with van der Waals surface area (Å²) in [5, 5.41) is 0. The Morgan fingerprint density at radius 2 is 1.80 bits per heavy atom. The van der Waals surface area contributed by atoms with Gasteiger partial charge in [0.2, 0.25) is 0 Å². The molecule has 3 heteroatoms. The van der Waals surface area contributed by atoms with Gasteiger partial charge in [0.05, 0.1) is 0 Å². The summed E-state index contributed by atoms with van der Waals surface area (Å²) in [6.07, 6.45) is 2.55. The van der Waals surface area contributed by atoms with Gasteiger partial charge in [0, 0.05) is 12.6 Å². The predicted molar refractivity (Wildman–Crippen MR) is 59.0 cm³/mol. The average molecular weight is 208 g/mol. The zero-order valence-corrected chi connectivity index (χ0v) is 8.82. The highest BCUT2D eigenvalue weighted by Crippen LogP contribution is 2.15. The molecule has 0 amide bonds. The van der Waals surface area contributed by atoms with Gasteiger partial charge in [0.15, 0.2) is 0 Å². The number of hydrogen-bond acceptors (Lipinski definition) is 2. The van der Waals surface area contributed by atoms with Crippen LogP contribution in [0.2, 0.25) is 0 Å². The first-order valence-electron chi connectivity index (χ1n) is 5.49. The van der Waals surface area contributed by atoms with E-state index >= 15 is 0 Å². The topological polar surface area (TPSA) is 29.3 Å². The Hall–Kier alpha value is -0.930. The van der Waals surface area contributed by atoms with Crippen LogP contribution in [0.3, 0.4) is 0 Å². The maximum absolute atomic E-state index is 12.7. The SMILES string of the molecule is NC(CN1CCCC1)c1ccc(F)cc1. The van der Waals surface area contributed by atoms with Crippen LogP contribution in [0.15, 0.2) is 24.3 Å². The quantitative estimate of drug-likeness (QED) is 0.822. The summed E-state index contributed by atoms with van der Waals surface area (Å²) in [6.45, 7) is 3.18. The van der Waals surface area contributed by atoms with Crippen molar-refractivity contribution < 1.29 is 4.39 Å². The van der Waals surface area contributed by atoms with Gasteiger partial charge in [-0.1, -0.05) is 12.1 Å². The lowest BCUT2D eigenvalue weighted by Gasteiger charge is -2.20. The molecule has 1 aromatic carbocycles. The van der Waals surface area contributed by atoms with Crippen molar-refractivity contribution in [1.29, 1.82) is 0 Å². The molecule has 1 fully saturated rings. The molecule has 2 rings (SSSR count). The lowest BCUT2D eigenvalue weighted by atomic mass is 10.1. The first-order chi connectivity index (χ1) is 7.25. The lowest BCUT2D eigenvalue weighted by Crippen LogP contribution is -2.29. The first-order valence-corrected chi connectivity index (χ1v) is 5.49. The summed E-state index contributed by atoms with van der Waals surface area (Å²) in [4.78, 5) is 2.37. The molecule has 1 aromatic rings. The van der Waals surface area contributed by atoms with Gasteiger partial charge in [0.25, 0.3) is 0 Å². The molecule has 0 bridgehead atoms. The number of benzene rings is 1. The van der Waals surface area contributed by atoms with Gasteiger partial charge in [-0.15, -0.1) is 0 Å². The third-order valence-corrected chi connectivity index (χ3v) is 2.95. The molecule has 1 atom stereocenters. The van der Waals surface area contributed by atoms with Crippen LogP contribution in [0, 0.1) is 5.82 Å². The zero-order chi connectivity index (χ0) is 10.7. The van der Waals surface area contributed by atoms with Gasteiger partial charge >= 0.3 is 0 Å². The Bertz CT molecular complexity index is 304. The van der Waals surface area contributed by atoms with Crippen LogP contribution in [0.25, 0.3) is 0 Å². The van der Waals surface area contributed by atoms with Gasteiger partial charge in [-0.25, -0.2) is 4.39 Å². The van der Waals surface area contributed by atoms with Gasteiger partial charge in [0.1, 0.15) is 5.82 Å². The standard InChI is InChI=1S/C12H17FN2/c13-11-5-3-10(4-6-11)12(14)9-15-7-1-2-8-15/h3-6,12H,1-2,7-9,14H2. The zero-order valence-electron chi connectivity index (χ0n) is 8.82. The Morgan fingerprint density at radius 3 is 2.40 bits per heavy atom. The number of halogens is 1. The van der Waals surface area contributed by atoms with Crippen LogP contribution in [-0.4, -0.2) is 24.5 Å². The number of nitrogens with zero attached hydrogens (tertiary/aromatic N) is 1. The first kappa shape index (κ1) is 10.6. The summed E-state index contributed by atoms with van der Waals surface area (Å²) in [5.41, 5.74) is 7.08. The molecule has 1 aliphatic rings. The highest BCUT2D eigenvalue weighted by Gasteiger charge is 2.15. The Balaban J connectivity index is 1.94. The fraction of sp³-hybridized carbons (Fsp3) is 0.500. The Kier molecular flexibility index (Phi) is 3.34. The van der Waals surface area contributed by atoms with Crippen molar-refractivity contribution >= 4 is 0 Å². The van der Waals surface area contributed by atoms with Crippen LogP contribution in [0.4, 0.5) is 4.39 Å². The summed E-state index contributed by atoms with van der Waals surface area (Å²) in [5.74, 6) is -0.202. The maximum atomic E-state index is 12.7. The van der Waals surface area contributed by atoms with E-state index < -0.39 is 0 Å². The van der Waals surface area contributed by atoms with Crippen molar-refractivity contribution in [2.45, 2.75) is 18.9 Å². The summed E-state index contributed by atoms with van der Waals surface area (Å²) < 4.78 is 12.7. The van der Waals surface area contributed by atoms with Gasteiger partial charge in [-0.05, 0) is 43.6 Å². The number of nitrogens with two attached hydrogens (primary N) is 1. The summed E-state index contributed by atoms with van der Waals surface area (Å²) in [7, 11) is 0. The fourth-order valence-corrected chi connectivity index (χ4v) is 2.06. The molecular weight excluding hydrogens is 191 g/mol. The monoisotopic (exact) mass is 208 g/mol. The van der Waals surface area contributed by atoms with E-state index in [0.29, 0.717) is 0 Å². The molecule has 1 heterocycles. The molecule has 15 heavy (non-hydrogen) atoms. The third kappa shape index (κ3) is 2.76. The molecule has 2 nitrogen and oxygen atoms in total.